The fraction of sp³-hybridized carbons (Fsp3) is 0.350. The molecular formula is C20H24ClFN2OS. The summed E-state index contributed by atoms with van der Waals surface area (Å²) in [6.07, 6.45) is 2.18. The number of hydrogen-bond acceptors (Lipinski definition) is 3. The maximum atomic E-state index is 13.1. The van der Waals surface area contributed by atoms with Crippen molar-refractivity contribution < 1.29 is 9.18 Å². The predicted octanol–water partition coefficient (Wildman–Crippen LogP) is 4.20. The summed E-state index contributed by atoms with van der Waals surface area (Å²) in [7, 11) is 0. The van der Waals surface area contributed by atoms with E-state index in [4.69, 9.17) is 0 Å². The zero-order valence-electron chi connectivity index (χ0n) is 14.5. The Bertz CT molecular complexity index is 678. The molecule has 1 saturated heterocycles. The Morgan fingerprint density at radius 2 is 1.92 bits per heavy atom. The van der Waals surface area contributed by atoms with E-state index >= 15 is 0 Å². The second-order valence-corrected chi connectivity index (χ2v) is 7.48. The van der Waals surface area contributed by atoms with E-state index in [9.17, 15) is 9.18 Å². The predicted molar refractivity (Wildman–Crippen MR) is 107 cm³/mol. The molecule has 3 rings (SSSR count). The summed E-state index contributed by atoms with van der Waals surface area (Å²) in [5, 5.41) is 6.09. The van der Waals surface area contributed by atoms with Crippen molar-refractivity contribution in [1.82, 2.24) is 10.6 Å². The van der Waals surface area contributed by atoms with Gasteiger partial charge in [0, 0.05) is 11.4 Å². The van der Waals surface area contributed by atoms with Crippen molar-refractivity contribution in [2.24, 2.45) is 5.92 Å². The van der Waals surface area contributed by atoms with Crippen LogP contribution in [0.3, 0.4) is 0 Å². The lowest BCUT2D eigenvalue weighted by Gasteiger charge is -2.18. The number of carbonyl (C=O) groups is 1. The number of hydrogen-bond donors (Lipinski definition) is 2. The summed E-state index contributed by atoms with van der Waals surface area (Å²) >= 11 is 1.45. The van der Waals surface area contributed by atoms with Gasteiger partial charge < -0.3 is 10.6 Å². The van der Waals surface area contributed by atoms with Crippen LogP contribution in [0.4, 0.5) is 4.39 Å². The van der Waals surface area contributed by atoms with Gasteiger partial charge in [-0.2, -0.15) is 0 Å². The molecule has 2 aromatic carbocycles. The lowest BCUT2D eigenvalue weighted by molar-refractivity contribution is -0.120. The summed E-state index contributed by atoms with van der Waals surface area (Å²) in [6.45, 7) is 2.81. The van der Waals surface area contributed by atoms with Gasteiger partial charge in [0.1, 0.15) is 11.1 Å². The summed E-state index contributed by atoms with van der Waals surface area (Å²) < 4.78 is 13.1. The molecule has 140 valence electrons. The van der Waals surface area contributed by atoms with Crippen molar-refractivity contribution in [3.8, 4) is 0 Å². The van der Waals surface area contributed by atoms with Crippen LogP contribution in [0.1, 0.15) is 23.7 Å². The minimum atomic E-state index is -0.339. The number of benzene rings is 2. The van der Waals surface area contributed by atoms with Crippen LogP contribution in [0.15, 0.2) is 59.5 Å². The molecule has 1 amide bonds. The van der Waals surface area contributed by atoms with Crippen molar-refractivity contribution >= 4 is 30.1 Å². The third-order valence-corrected chi connectivity index (χ3v) is 5.69. The van der Waals surface area contributed by atoms with Gasteiger partial charge >= 0.3 is 0 Å². The topological polar surface area (TPSA) is 41.1 Å². The SMILES string of the molecule is Cl.O=C(NCCC1CCNC1)C(Sc1ccc(F)cc1)c1ccccc1. The molecule has 0 bridgehead atoms. The molecule has 3 nitrogen and oxygen atoms in total. The van der Waals surface area contributed by atoms with Gasteiger partial charge in [-0.3, -0.25) is 4.79 Å². The maximum Gasteiger partial charge on any atom is 0.237 e. The van der Waals surface area contributed by atoms with E-state index in [-0.39, 0.29) is 29.4 Å². The average Bonchev–Trinajstić information content (AvgIpc) is 3.15. The normalized spacial score (nSPS) is 17.3. The van der Waals surface area contributed by atoms with Gasteiger partial charge in [0.05, 0.1) is 0 Å². The number of carbonyl (C=O) groups excluding carboxylic acids is 1. The number of thioether (sulfide) groups is 1. The Hall–Kier alpha value is -1.56. The van der Waals surface area contributed by atoms with E-state index in [0.29, 0.717) is 12.5 Å². The molecule has 0 aromatic heterocycles. The van der Waals surface area contributed by atoms with Crippen LogP contribution in [0, 0.1) is 11.7 Å². The molecule has 0 radical (unpaired) electrons. The van der Waals surface area contributed by atoms with Crippen molar-refractivity contribution in [2.75, 3.05) is 19.6 Å². The van der Waals surface area contributed by atoms with Crippen LogP contribution in [-0.4, -0.2) is 25.5 Å². The van der Waals surface area contributed by atoms with Crippen LogP contribution < -0.4 is 10.6 Å². The Kier molecular flexibility index (Phi) is 8.42. The van der Waals surface area contributed by atoms with Gasteiger partial charge in [0.25, 0.3) is 0 Å². The third kappa shape index (κ3) is 6.01. The first-order valence-corrected chi connectivity index (χ1v) is 9.56. The number of amides is 1. The molecule has 2 atom stereocenters. The van der Waals surface area contributed by atoms with E-state index in [1.807, 2.05) is 30.3 Å². The van der Waals surface area contributed by atoms with Crippen molar-refractivity contribution in [3.05, 3.63) is 66.0 Å². The Balaban J connectivity index is 0.00000243. The molecule has 1 heterocycles. The molecule has 2 unspecified atom stereocenters. The summed E-state index contributed by atoms with van der Waals surface area (Å²) in [5.41, 5.74) is 0.955. The van der Waals surface area contributed by atoms with Gasteiger partial charge in [-0.25, -0.2) is 4.39 Å². The Labute approximate surface area is 164 Å². The molecule has 2 N–H and O–H groups in total. The first kappa shape index (κ1) is 20.7. The molecule has 26 heavy (non-hydrogen) atoms. The average molecular weight is 395 g/mol. The molecule has 0 spiro atoms. The molecular weight excluding hydrogens is 371 g/mol. The smallest absolute Gasteiger partial charge is 0.237 e. The van der Waals surface area contributed by atoms with Gasteiger partial charge in [0.2, 0.25) is 5.91 Å². The van der Waals surface area contributed by atoms with Gasteiger partial charge in [-0.15, -0.1) is 24.2 Å². The monoisotopic (exact) mass is 394 g/mol. The molecule has 1 aliphatic rings. The lowest BCUT2D eigenvalue weighted by Crippen LogP contribution is -2.30. The summed E-state index contributed by atoms with van der Waals surface area (Å²) in [6, 6.07) is 16.0. The highest BCUT2D eigenvalue weighted by molar-refractivity contribution is 8.00. The van der Waals surface area contributed by atoms with Crippen molar-refractivity contribution in [2.45, 2.75) is 23.0 Å². The van der Waals surface area contributed by atoms with E-state index in [0.717, 1.165) is 30.0 Å². The quantitative estimate of drug-likeness (QED) is 0.691. The number of rotatable bonds is 7. The lowest BCUT2D eigenvalue weighted by atomic mass is 10.1. The summed E-state index contributed by atoms with van der Waals surface area (Å²) in [5.74, 6) is 0.391. The molecule has 1 fully saturated rings. The molecule has 6 heteroatoms. The Morgan fingerprint density at radius 3 is 2.58 bits per heavy atom. The second kappa shape index (κ2) is 10.6. The highest BCUT2D eigenvalue weighted by atomic mass is 35.5. The van der Waals surface area contributed by atoms with E-state index in [1.165, 1.54) is 30.3 Å². The first-order valence-electron chi connectivity index (χ1n) is 8.68. The molecule has 2 aromatic rings. The zero-order chi connectivity index (χ0) is 17.5. The van der Waals surface area contributed by atoms with Crippen molar-refractivity contribution in [1.29, 1.82) is 0 Å². The van der Waals surface area contributed by atoms with Crippen LogP contribution in [0.2, 0.25) is 0 Å². The second-order valence-electron chi connectivity index (χ2n) is 6.30. The van der Waals surface area contributed by atoms with Crippen LogP contribution in [-0.2, 0) is 4.79 Å². The summed E-state index contributed by atoms with van der Waals surface area (Å²) in [4.78, 5) is 13.6. The fourth-order valence-electron chi connectivity index (χ4n) is 3.00. The van der Waals surface area contributed by atoms with Crippen LogP contribution in [0.25, 0.3) is 0 Å². The fourth-order valence-corrected chi connectivity index (χ4v) is 4.05. The Morgan fingerprint density at radius 1 is 1.19 bits per heavy atom. The number of halogens is 2. The van der Waals surface area contributed by atoms with E-state index < -0.39 is 0 Å². The molecule has 1 aliphatic heterocycles. The van der Waals surface area contributed by atoms with Gasteiger partial charge in [0.15, 0.2) is 0 Å². The zero-order valence-corrected chi connectivity index (χ0v) is 16.1. The minimum Gasteiger partial charge on any atom is -0.355 e. The van der Waals surface area contributed by atoms with E-state index in [2.05, 4.69) is 10.6 Å². The highest BCUT2D eigenvalue weighted by Gasteiger charge is 2.22. The van der Waals surface area contributed by atoms with Crippen LogP contribution >= 0.6 is 24.2 Å². The highest BCUT2D eigenvalue weighted by Crippen LogP contribution is 2.35. The van der Waals surface area contributed by atoms with Gasteiger partial charge in [-0.1, -0.05) is 30.3 Å². The molecule has 0 saturated carbocycles. The maximum absolute atomic E-state index is 13.1. The minimum absolute atomic E-state index is 0. The molecule has 0 aliphatic carbocycles. The van der Waals surface area contributed by atoms with E-state index in [1.54, 1.807) is 12.1 Å². The number of nitrogens with one attached hydrogen (secondary N) is 2. The van der Waals surface area contributed by atoms with Crippen molar-refractivity contribution in [3.63, 3.8) is 0 Å². The third-order valence-electron chi connectivity index (χ3n) is 4.42. The van der Waals surface area contributed by atoms with Gasteiger partial charge in [-0.05, 0) is 61.7 Å². The standard InChI is InChI=1S/C20H23FN2OS.ClH/c21-17-6-8-18(9-7-17)25-19(16-4-2-1-3-5-16)20(24)23-13-11-15-10-12-22-14-15;/h1-9,15,19,22H,10-14H2,(H,23,24);1H. The first-order chi connectivity index (χ1) is 12.2. The van der Waals surface area contributed by atoms with Crippen LogP contribution in [0.5, 0.6) is 0 Å². The largest absolute Gasteiger partial charge is 0.355 e.